The maximum Gasteiger partial charge on any atom is 0.0251 e. The van der Waals surface area contributed by atoms with E-state index in [2.05, 4.69) is 30.6 Å². The topological polar surface area (TPSA) is 32.5 Å². The van der Waals surface area contributed by atoms with E-state index in [-0.39, 0.29) is 0 Å². The molecule has 1 heterocycles. The number of hydrogen-bond acceptors (Lipinski definition) is 3. The maximum atomic E-state index is 6.38. The summed E-state index contributed by atoms with van der Waals surface area (Å²) in [6.45, 7) is 11.8. The Morgan fingerprint density at radius 1 is 1.17 bits per heavy atom. The first-order valence-corrected chi connectivity index (χ1v) is 7.89. The predicted octanol–water partition coefficient (Wildman–Crippen LogP) is 1.92. The lowest BCUT2D eigenvalue weighted by Gasteiger charge is -2.47. The highest BCUT2D eigenvalue weighted by atomic mass is 15.3. The molecule has 0 bridgehead atoms. The fourth-order valence-corrected chi connectivity index (χ4v) is 3.84. The molecule has 2 fully saturated rings. The molecule has 0 radical (unpaired) electrons. The fourth-order valence-electron chi connectivity index (χ4n) is 3.84. The van der Waals surface area contributed by atoms with Crippen LogP contribution in [0.5, 0.6) is 0 Å². The Morgan fingerprint density at radius 3 is 2.56 bits per heavy atom. The largest absolute Gasteiger partial charge is 0.326 e. The van der Waals surface area contributed by atoms with Gasteiger partial charge in [0.15, 0.2) is 0 Å². The highest BCUT2D eigenvalue weighted by Crippen LogP contribution is 2.30. The first kappa shape index (κ1) is 14.3. The number of nitrogens with two attached hydrogens (primary N) is 1. The Hall–Kier alpha value is -0.120. The van der Waals surface area contributed by atoms with Gasteiger partial charge in [0.2, 0.25) is 0 Å². The summed E-state index contributed by atoms with van der Waals surface area (Å²) < 4.78 is 0. The zero-order valence-electron chi connectivity index (χ0n) is 12.4. The Bertz CT molecular complexity index is 256. The summed E-state index contributed by atoms with van der Waals surface area (Å²) in [5, 5.41) is 0. The molecule has 2 aliphatic rings. The van der Waals surface area contributed by atoms with Crippen LogP contribution in [0.1, 0.15) is 46.5 Å². The molecule has 3 nitrogen and oxygen atoms in total. The molecule has 0 spiro atoms. The van der Waals surface area contributed by atoms with E-state index in [0.717, 1.165) is 5.92 Å². The molecule has 2 rings (SSSR count). The van der Waals surface area contributed by atoms with Crippen LogP contribution >= 0.6 is 0 Å². The van der Waals surface area contributed by atoms with Gasteiger partial charge in [-0.2, -0.15) is 0 Å². The van der Waals surface area contributed by atoms with Gasteiger partial charge in [0.25, 0.3) is 0 Å². The average Bonchev–Trinajstić information content (AvgIpc) is 2.39. The average molecular weight is 253 g/mol. The van der Waals surface area contributed by atoms with Gasteiger partial charge in [-0.15, -0.1) is 0 Å². The number of piperazine rings is 1. The lowest BCUT2D eigenvalue weighted by molar-refractivity contribution is 0.0292. The van der Waals surface area contributed by atoms with Crippen molar-refractivity contribution in [3.8, 4) is 0 Å². The number of likely N-dealkylation sites (N-methyl/N-ethyl adjacent to an activating group) is 1. The van der Waals surface area contributed by atoms with E-state index >= 15 is 0 Å². The molecule has 3 heteroatoms. The monoisotopic (exact) mass is 253 g/mol. The minimum atomic E-state index is 0.410. The molecular weight excluding hydrogens is 222 g/mol. The molecule has 0 aromatic heterocycles. The molecule has 2 N–H and O–H groups in total. The van der Waals surface area contributed by atoms with Gasteiger partial charge >= 0.3 is 0 Å². The lowest BCUT2D eigenvalue weighted by Crippen LogP contribution is -2.59. The second-order valence-electron chi connectivity index (χ2n) is 6.29. The van der Waals surface area contributed by atoms with Crippen LogP contribution < -0.4 is 5.73 Å². The Balaban J connectivity index is 1.94. The van der Waals surface area contributed by atoms with Gasteiger partial charge in [0.1, 0.15) is 0 Å². The SMILES string of the molecule is CCC1CCC(N)C(N2CCN(CC)C(C)C2)C1. The molecule has 106 valence electrons. The van der Waals surface area contributed by atoms with Crippen molar-refractivity contribution >= 4 is 0 Å². The van der Waals surface area contributed by atoms with Gasteiger partial charge in [0, 0.05) is 37.8 Å². The van der Waals surface area contributed by atoms with E-state index < -0.39 is 0 Å². The summed E-state index contributed by atoms with van der Waals surface area (Å²) in [7, 11) is 0. The third kappa shape index (κ3) is 3.06. The summed E-state index contributed by atoms with van der Waals surface area (Å²) in [6.07, 6.45) is 5.23. The van der Waals surface area contributed by atoms with Crippen molar-refractivity contribution in [2.24, 2.45) is 11.7 Å². The molecule has 1 saturated carbocycles. The van der Waals surface area contributed by atoms with E-state index in [1.807, 2.05) is 0 Å². The summed E-state index contributed by atoms with van der Waals surface area (Å²) >= 11 is 0. The van der Waals surface area contributed by atoms with Gasteiger partial charge in [-0.1, -0.05) is 20.3 Å². The lowest BCUT2D eigenvalue weighted by atomic mass is 9.80. The molecular formula is C15H31N3. The van der Waals surface area contributed by atoms with Gasteiger partial charge in [-0.3, -0.25) is 9.80 Å². The Labute approximate surface area is 113 Å². The van der Waals surface area contributed by atoms with Crippen molar-refractivity contribution in [3.63, 3.8) is 0 Å². The summed E-state index contributed by atoms with van der Waals surface area (Å²) in [5.41, 5.74) is 6.38. The molecule has 0 aromatic carbocycles. The standard InChI is InChI=1S/C15H31N3/c1-4-13-6-7-14(16)15(10-13)18-9-8-17(5-2)12(3)11-18/h12-15H,4-11,16H2,1-3H3. The van der Waals surface area contributed by atoms with E-state index in [4.69, 9.17) is 5.73 Å². The van der Waals surface area contributed by atoms with Gasteiger partial charge in [-0.05, 0) is 38.6 Å². The van der Waals surface area contributed by atoms with Gasteiger partial charge in [0.05, 0.1) is 0 Å². The first-order valence-electron chi connectivity index (χ1n) is 7.89. The van der Waals surface area contributed by atoms with Crippen molar-refractivity contribution in [3.05, 3.63) is 0 Å². The minimum absolute atomic E-state index is 0.410. The third-order valence-corrected chi connectivity index (χ3v) is 5.23. The number of nitrogens with zero attached hydrogens (tertiary/aromatic N) is 2. The van der Waals surface area contributed by atoms with Crippen LogP contribution in [0.15, 0.2) is 0 Å². The summed E-state index contributed by atoms with van der Waals surface area (Å²) in [4.78, 5) is 5.27. The van der Waals surface area contributed by atoms with Crippen LogP contribution in [0.3, 0.4) is 0 Å². The third-order valence-electron chi connectivity index (χ3n) is 5.23. The summed E-state index contributed by atoms with van der Waals surface area (Å²) in [6, 6.07) is 1.75. The number of rotatable bonds is 3. The van der Waals surface area contributed by atoms with E-state index in [0.29, 0.717) is 18.1 Å². The molecule has 1 saturated heterocycles. The highest BCUT2D eigenvalue weighted by molar-refractivity contribution is 4.92. The quantitative estimate of drug-likeness (QED) is 0.834. The van der Waals surface area contributed by atoms with Crippen LogP contribution in [0.4, 0.5) is 0 Å². The highest BCUT2D eigenvalue weighted by Gasteiger charge is 2.34. The molecule has 18 heavy (non-hydrogen) atoms. The van der Waals surface area contributed by atoms with Crippen LogP contribution in [-0.2, 0) is 0 Å². The fraction of sp³-hybridized carbons (Fsp3) is 1.00. The zero-order valence-corrected chi connectivity index (χ0v) is 12.4. The zero-order chi connectivity index (χ0) is 13.1. The van der Waals surface area contributed by atoms with Crippen molar-refractivity contribution in [1.82, 2.24) is 9.80 Å². The van der Waals surface area contributed by atoms with Crippen molar-refractivity contribution in [1.29, 1.82) is 0 Å². The molecule has 4 unspecified atom stereocenters. The van der Waals surface area contributed by atoms with Crippen molar-refractivity contribution < 1.29 is 0 Å². The van der Waals surface area contributed by atoms with Crippen LogP contribution in [0.2, 0.25) is 0 Å². The van der Waals surface area contributed by atoms with Gasteiger partial charge < -0.3 is 5.73 Å². The molecule has 1 aliphatic carbocycles. The predicted molar refractivity (Wildman–Crippen MR) is 77.7 cm³/mol. The van der Waals surface area contributed by atoms with E-state index in [1.165, 1.54) is 51.9 Å². The molecule has 1 aliphatic heterocycles. The second-order valence-corrected chi connectivity index (χ2v) is 6.29. The first-order chi connectivity index (χ1) is 8.65. The molecule has 0 aromatic rings. The smallest absolute Gasteiger partial charge is 0.0251 e. The molecule has 4 atom stereocenters. The van der Waals surface area contributed by atoms with Crippen LogP contribution in [-0.4, -0.2) is 54.1 Å². The van der Waals surface area contributed by atoms with Crippen molar-refractivity contribution in [2.45, 2.75) is 64.6 Å². The normalized spacial score (nSPS) is 40.0. The number of hydrogen-bond donors (Lipinski definition) is 1. The second kappa shape index (κ2) is 6.36. The van der Waals surface area contributed by atoms with E-state index in [9.17, 15) is 0 Å². The summed E-state index contributed by atoms with van der Waals surface area (Å²) in [5.74, 6) is 0.911. The van der Waals surface area contributed by atoms with E-state index in [1.54, 1.807) is 0 Å². The minimum Gasteiger partial charge on any atom is -0.326 e. The maximum absolute atomic E-state index is 6.38. The Morgan fingerprint density at radius 2 is 1.94 bits per heavy atom. The van der Waals surface area contributed by atoms with Crippen LogP contribution in [0.25, 0.3) is 0 Å². The van der Waals surface area contributed by atoms with Crippen LogP contribution in [0, 0.1) is 5.92 Å². The van der Waals surface area contributed by atoms with Crippen molar-refractivity contribution in [2.75, 3.05) is 26.2 Å². The molecule has 0 amide bonds. The Kier molecular flexibility index (Phi) is 5.05. The van der Waals surface area contributed by atoms with Gasteiger partial charge in [-0.25, -0.2) is 0 Å².